The SMILES string of the molecule is C=C1C(=O)ON=C1c1ccc(C(=O)O)cc1. The first-order chi connectivity index (χ1) is 7.59. The lowest BCUT2D eigenvalue weighted by atomic mass is 10.0. The topological polar surface area (TPSA) is 76.0 Å². The van der Waals surface area contributed by atoms with Gasteiger partial charge in [0.2, 0.25) is 0 Å². The molecule has 0 amide bonds. The van der Waals surface area contributed by atoms with Crippen LogP contribution in [0, 0.1) is 0 Å². The molecular formula is C11H7NO4. The fourth-order valence-corrected chi connectivity index (χ4v) is 1.29. The number of nitrogens with zero attached hydrogens (tertiary/aromatic N) is 1. The largest absolute Gasteiger partial charge is 0.478 e. The van der Waals surface area contributed by atoms with Crippen molar-refractivity contribution in [3.05, 3.63) is 47.5 Å². The van der Waals surface area contributed by atoms with Crippen molar-refractivity contribution in [2.24, 2.45) is 5.16 Å². The van der Waals surface area contributed by atoms with Crippen molar-refractivity contribution in [2.45, 2.75) is 0 Å². The van der Waals surface area contributed by atoms with Crippen LogP contribution in [0.2, 0.25) is 0 Å². The molecule has 80 valence electrons. The van der Waals surface area contributed by atoms with Crippen molar-refractivity contribution in [3.63, 3.8) is 0 Å². The maximum atomic E-state index is 11.0. The van der Waals surface area contributed by atoms with Gasteiger partial charge in [-0.15, -0.1) is 0 Å². The van der Waals surface area contributed by atoms with Crippen LogP contribution in [0.5, 0.6) is 0 Å². The van der Waals surface area contributed by atoms with Gasteiger partial charge in [-0.3, -0.25) is 0 Å². The highest BCUT2D eigenvalue weighted by Crippen LogP contribution is 2.16. The summed E-state index contributed by atoms with van der Waals surface area (Å²) in [6.45, 7) is 3.53. The van der Waals surface area contributed by atoms with Crippen LogP contribution in [0.1, 0.15) is 15.9 Å². The molecule has 1 aromatic carbocycles. The van der Waals surface area contributed by atoms with Crippen molar-refractivity contribution >= 4 is 17.7 Å². The van der Waals surface area contributed by atoms with Gasteiger partial charge in [0.15, 0.2) is 0 Å². The maximum Gasteiger partial charge on any atom is 0.367 e. The van der Waals surface area contributed by atoms with Crippen LogP contribution < -0.4 is 0 Å². The van der Waals surface area contributed by atoms with Gasteiger partial charge in [-0.2, -0.15) is 0 Å². The Labute approximate surface area is 90.6 Å². The van der Waals surface area contributed by atoms with Crippen LogP contribution in [-0.2, 0) is 9.63 Å². The summed E-state index contributed by atoms with van der Waals surface area (Å²) in [5.41, 5.74) is 1.27. The molecule has 1 aromatic rings. The van der Waals surface area contributed by atoms with E-state index in [1.54, 1.807) is 12.1 Å². The molecule has 0 radical (unpaired) electrons. The summed E-state index contributed by atoms with van der Waals surface area (Å²) in [6.07, 6.45) is 0. The number of carbonyl (C=O) groups excluding carboxylic acids is 1. The highest BCUT2D eigenvalue weighted by atomic mass is 16.7. The average molecular weight is 217 g/mol. The first-order valence-corrected chi connectivity index (χ1v) is 4.42. The number of oxime groups is 1. The lowest BCUT2D eigenvalue weighted by molar-refractivity contribution is -0.136. The van der Waals surface area contributed by atoms with Crippen molar-refractivity contribution in [1.82, 2.24) is 0 Å². The molecule has 0 atom stereocenters. The first kappa shape index (κ1) is 10.1. The second-order valence-electron chi connectivity index (χ2n) is 3.18. The van der Waals surface area contributed by atoms with Crippen LogP contribution >= 0.6 is 0 Å². The van der Waals surface area contributed by atoms with E-state index in [-0.39, 0.29) is 11.1 Å². The van der Waals surface area contributed by atoms with E-state index in [2.05, 4.69) is 16.6 Å². The second-order valence-corrected chi connectivity index (χ2v) is 3.18. The van der Waals surface area contributed by atoms with Crippen LogP contribution in [0.25, 0.3) is 0 Å². The Morgan fingerprint density at radius 3 is 2.38 bits per heavy atom. The molecule has 5 heteroatoms. The molecule has 16 heavy (non-hydrogen) atoms. The zero-order valence-electron chi connectivity index (χ0n) is 8.14. The predicted octanol–water partition coefficient (Wildman–Crippen LogP) is 1.20. The third-order valence-corrected chi connectivity index (χ3v) is 2.16. The normalized spacial score (nSPS) is 14.6. The second kappa shape index (κ2) is 3.62. The van der Waals surface area contributed by atoms with E-state index in [9.17, 15) is 9.59 Å². The molecule has 5 nitrogen and oxygen atoms in total. The quantitative estimate of drug-likeness (QED) is 0.596. The van der Waals surface area contributed by atoms with E-state index < -0.39 is 11.9 Å². The molecule has 1 N–H and O–H groups in total. The number of hydrogen-bond donors (Lipinski definition) is 1. The predicted molar refractivity (Wildman–Crippen MR) is 55.2 cm³/mol. The van der Waals surface area contributed by atoms with Crippen molar-refractivity contribution in [3.8, 4) is 0 Å². The number of carboxylic acids is 1. The third kappa shape index (κ3) is 1.58. The molecule has 0 aromatic heterocycles. The van der Waals surface area contributed by atoms with Gasteiger partial charge in [-0.05, 0) is 12.1 Å². The molecule has 0 bridgehead atoms. The molecule has 0 fully saturated rings. The molecule has 1 heterocycles. The fourth-order valence-electron chi connectivity index (χ4n) is 1.29. The van der Waals surface area contributed by atoms with Gasteiger partial charge < -0.3 is 9.94 Å². The Morgan fingerprint density at radius 1 is 1.31 bits per heavy atom. The number of carboxylic acid groups (broad SMARTS) is 1. The molecule has 1 aliphatic heterocycles. The summed E-state index contributed by atoms with van der Waals surface area (Å²) in [5.74, 6) is -1.59. The summed E-state index contributed by atoms with van der Waals surface area (Å²) in [5, 5.41) is 12.3. The van der Waals surface area contributed by atoms with Gasteiger partial charge >= 0.3 is 11.9 Å². The molecule has 0 saturated heterocycles. The van der Waals surface area contributed by atoms with Gasteiger partial charge in [0.25, 0.3) is 0 Å². The third-order valence-electron chi connectivity index (χ3n) is 2.16. The zero-order valence-corrected chi connectivity index (χ0v) is 8.14. The number of rotatable bonds is 2. The molecule has 1 aliphatic rings. The summed E-state index contributed by atoms with van der Waals surface area (Å²) < 4.78 is 0. The highest BCUT2D eigenvalue weighted by Gasteiger charge is 2.24. The van der Waals surface area contributed by atoms with E-state index in [4.69, 9.17) is 5.11 Å². The maximum absolute atomic E-state index is 11.0. The summed E-state index contributed by atoms with van der Waals surface area (Å²) in [7, 11) is 0. The van der Waals surface area contributed by atoms with Crippen molar-refractivity contribution in [1.29, 1.82) is 0 Å². The van der Waals surface area contributed by atoms with Gasteiger partial charge in [0, 0.05) is 5.56 Å². The first-order valence-electron chi connectivity index (χ1n) is 4.42. The smallest absolute Gasteiger partial charge is 0.367 e. The Morgan fingerprint density at radius 2 is 1.94 bits per heavy atom. The molecule has 0 saturated carbocycles. The van der Waals surface area contributed by atoms with E-state index in [1.165, 1.54) is 12.1 Å². The molecule has 2 rings (SSSR count). The standard InChI is InChI=1S/C11H7NO4/c1-6-9(12-16-11(6)15)7-2-4-8(5-3-7)10(13)14/h2-5H,1H2,(H,13,14). The number of benzene rings is 1. The Bertz CT molecular complexity index is 513. The van der Waals surface area contributed by atoms with E-state index in [0.29, 0.717) is 11.3 Å². The Kier molecular flexibility index (Phi) is 2.28. The minimum Gasteiger partial charge on any atom is -0.478 e. The summed E-state index contributed by atoms with van der Waals surface area (Å²) in [4.78, 5) is 26.1. The molecule has 0 unspecified atom stereocenters. The molecular weight excluding hydrogens is 210 g/mol. The summed E-state index contributed by atoms with van der Waals surface area (Å²) in [6, 6.07) is 5.96. The van der Waals surface area contributed by atoms with Crippen LogP contribution in [0.15, 0.2) is 41.6 Å². The van der Waals surface area contributed by atoms with Gasteiger partial charge in [0.05, 0.1) is 11.1 Å². The van der Waals surface area contributed by atoms with E-state index in [0.717, 1.165) is 0 Å². The lowest BCUT2D eigenvalue weighted by Crippen LogP contribution is -2.05. The van der Waals surface area contributed by atoms with Gasteiger partial charge in [0.1, 0.15) is 5.71 Å². The average Bonchev–Trinajstić information content (AvgIpc) is 2.60. The highest BCUT2D eigenvalue weighted by molar-refractivity contribution is 6.28. The Balaban J connectivity index is 2.33. The van der Waals surface area contributed by atoms with Crippen molar-refractivity contribution in [2.75, 3.05) is 0 Å². The zero-order chi connectivity index (χ0) is 11.7. The van der Waals surface area contributed by atoms with Crippen LogP contribution in [0.3, 0.4) is 0 Å². The fraction of sp³-hybridized carbons (Fsp3) is 0. The molecule has 0 aliphatic carbocycles. The minimum absolute atomic E-state index is 0.167. The molecule has 0 spiro atoms. The number of carbonyl (C=O) groups is 2. The van der Waals surface area contributed by atoms with Gasteiger partial charge in [-0.25, -0.2) is 9.59 Å². The van der Waals surface area contributed by atoms with Crippen LogP contribution in [-0.4, -0.2) is 22.8 Å². The van der Waals surface area contributed by atoms with E-state index >= 15 is 0 Å². The van der Waals surface area contributed by atoms with Crippen molar-refractivity contribution < 1.29 is 19.5 Å². The monoisotopic (exact) mass is 217 g/mol. The van der Waals surface area contributed by atoms with Gasteiger partial charge in [-0.1, -0.05) is 23.9 Å². The number of aromatic carboxylic acids is 1. The van der Waals surface area contributed by atoms with Crippen LogP contribution in [0.4, 0.5) is 0 Å². The summed E-state index contributed by atoms with van der Waals surface area (Å²) >= 11 is 0. The number of hydrogen-bond acceptors (Lipinski definition) is 4. The van der Waals surface area contributed by atoms with E-state index in [1.807, 2.05) is 0 Å². The Hall–Kier alpha value is -2.43. The lowest BCUT2D eigenvalue weighted by Gasteiger charge is -1.99. The minimum atomic E-state index is -1.01.